The summed E-state index contributed by atoms with van der Waals surface area (Å²) in [5.41, 5.74) is 3.29. The molecule has 0 heterocycles. The third-order valence-corrected chi connectivity index (χ3v) is 4.99. The van der Waals surface area contributed by atoms with E-state index in [-0.39, 0.29) is 11.8 Å². The first-order chi connectivity index (χ1) is 13.6. The molecule has 0 aliphatic heterocycles. The number of nitrogens with one attached hydrogen (secondary N) is 1. The van der Waals surface area contributed by atoms with Gasteiger partial charge in [0.05, 0.1) is 0 Å². The Morgan fingerprint density at radius 3 is 2.11 bits per heavy atom. The molecule has 1 atom stereocenters. The van der Waals surface area contributed by atoms with Crippen LogP contribution in [0.3, 0.4) is 0 Å². The third-order valence-electron chi connectivity index (χ3n) is 4.49. The van der Waals surface area contributed by atoms with Gasteiger partial charge in [0.2, 0.25) is 5.91 Å². The summed E-state index contributed by atoms with van der Waals surface area (Å²) in [5.74, 6) is 0.0199. The number of halogens is 2. The van der Waals surface area contributed by atoms with Gasteiger partial charge in [-0.25, -0.2) is 0 Å². The lowest BCUT2D eigenvalue weighted by atomic mass is 9.92. The molecule has 1 amide bonds. The summed E-state index contributed by atoms with van der Waals surface area (Å²) in [7, 11) is 0. The van der Waals surface area contributed by atoms with Gasteiger partial charge in [0.1, 0.15) is 0 Å². The average Bonchev–Trinajstić information content (AvgIpc) is 2.72. The molecule has 0 unspecified atom stereocenters. The maximum absolute atomic E-state index is 12.3. The predicted octanol–water partition coefficient (Wildman–Crippen LogP) is 6.15. The van der Waals surface area contributed by atoms with Gasteiger partial charge in [0, 0.05) is 28.6 Å². The van der Waals surface area contributed by atoms with Gasteiger partial charge >= 0.3 is 0 Å². The van der Waals surface area contributed by atoms with E-state index in [4.69, 9.17) is 23.2 Å². The quantitative estimate of drug-likeness (QED) is 0.465. The lowest BCUT2D eigenvalue weighted by molar-refractivity contribution is -0.116. The molecule has 0 aromatic heterocycles. The third kappa shape index (κ3) is 6.26. The van der Waals surface area contributed by atoms with E-state index in [1.165, 1.54) is 5.56 Å². The number of carbonyl (C=O) groups excluding carboxylic acids is 1. The maximum atomic E-state index is 12.3. The van der Waals surface area contributed by atoms with E-state index in [1.54, 1.807) is 6.08 Å². The molecule has 3 rings (SSSR count). The van der Waals surface area contributed by atoms with Crippen molar-refractivity contribution in [3.05, 3.63) is 112 Å². The Labute approximate surface area is 175 Å². The molecule has 0 aliphatic rings. The van der Waals surface area contributed by atoms with Crippen molar-refractivity contribution < 1.29 is 4.79 Å². The highest BCUT2D eigenvalue weighted by Crippen LogP contribution is 2.23. The van der Waals surface area contributed by atoms with Crippen molar-refractivity contribution in [1.82, 2.24) is 5.32 Å². The van der Waals surface area contributed by atoms with Crippen LogP contribution in [0.25, 0.3) is 6.08 Å². The summed E-state index contributed by atoms with van der Waals surface area (Å²) in [5, 5.41) is 4.42. The molecule has 4 heteroatoms. The molecule has 0 saturated heterocycles. The summed E-state index contributed by atoms with van der Waals surface area (Å²) in [6.07, 6.45) is 4.17. The van der Waals surface area contributed by atoms with Crippen LogP contribution in [0, 0.1) is 0 Å². The molecule has 0 saturated carbocycles. The zero-order chi connectivity index (χ0) is 19.8. The Morgan fingerprint density at radius 1 is 0.857 bits per heavy atom. The molecule has 2 nitrogen and oxygen atoms in total. The molecule has 3 aromatic rings. The Balaban J connectivity index is 1.67. The van der Waals surface area contributed by atoms with E-state index >= 15 is 0 Å². The second-order valence-electron chi connectivity index (χ2n) is 6.57. The van der Waals surface area contributed by atoms with Gasteiger partial charge in [-0.05, 0) is 53.5 Å². The van der Waals surface area contributed by atoms with E-state index in [0.717, 1.165) is 17.5 Å². The summed E-state index contributed by atoms with van der Waals surface area (Å²) in [4.78, 5) is 12.3. The number of benzene rings is 3. The molecule has 0 radical (unpaired) electrons. The number of hydrogen-bond donors (Lipinski definition) is 1. The molecule has 0 fully saturated rings. The first kappa shape index (κ1) is 20.2. The van der Waals surface area contributed by atoms with Gasteiger partial charge in [-0.15, -0.1) is 0 Å². The van der Waals surface area contributed by atoms with Crippen LogP contribution in [0.5, 0.6) is 0 Å². The monoisotopic (exact) mass is 409 g/mol. The SMILES string of the molecule is O=C(C=Cc1ccccc1)NC[C@H](Cc1ccc(Cl)cc1)c1ccc(Cl)cc1. The molecule has 28 heavy (non-hydrogen) atoms. The molecule has 0 bridgehead atoms. The fourth-order valence-corrected chi connectivity index (χ4v) is 3.22. The molecule has 1 N–H and O–H groups in total. The van der Waals surface area contributed by atoms with E-state index in [2.05, 4.69) is 5.32 Å². The fourth-order valence-electron chi connectivity index (χ4n) is 2.97. The molecule has 0 aliphatic carbocycles. The van der Waals surface area contributed by atoms with Crippen molar-refractivity contribution in [3.8, 4) is 0 Å². The van der Waals surface area contributed by atoms with Crippen LogP contribution >= 0.6 is 23.2 Å². The smallest absolute Gasteiger partial charge is 0.244 e. The van der Waals surface area contributed by atoms with E-state index < -0.39 is 0 Å². The van der Waals surface area contributed by atoms with Crippen LogP contribution < -0.4 is 5.32 Å². The van der Waals surface area contributed by atoms with Crippen molar-refractivity contribution in [3.63, 3.8) is 0 Å². The van der Waals surface area contributed by atoms with Crippen molar-refractivity contribution in [2.75, 3.05) is 6.54 Å². The average molecular weight is 410 g/mol. The Kier molecular flexibility index (Phi) is 7.30. The Hall–Kier alpha value is -2.55. The van der Waals surface area contributed by atoms with E-state index in [9.17, 15) is 4.79 Å². The van der Waals surface area contributed by atoms with Gasteiger partial charge in [0.25, 0.3) is 0 Å². The van der Waals surface area contributed by atoms with Crippen LogP contribution in [-0.4, -0.2) is 12.5 Å². The van der Waals surface area contributed by atoms with Crippen LogP contribution in [0.4, 0.5) is 0 Å². The standard InChI is InChI=1S/C24H21Cl2NO/c25-22-11-6-19(7-12-22)16-21(20-9-13-23(26)14-10-20)17-27-24(28)15-8-18-4-2-1-3-5-18/h1-15,21H,16-17H2,(H,27,28)/t21-/m0/s1. The fraction of sp³-hybridized carbons (Fsp3) is 0.125. The van der Waals surface area contributed by atoms with Crippen molar-refractivity contribution in [2.45, 2.75) is 12.3 Å². The van der Waals surface area contributed by atoms with Crippen LogP contribution in [0.1, 0.15) is 22.6 Å². The van der Waals surface area contributed by atoms with Crippen molar-refractivity contribution in [1.29, 1.82) is 0 Å². The van der Waals surface area contributed by atoms with Gasteiger partial charge in [-0.2, -0.15) is 0 Å². The molecule has 142 valence electrons. The summed E-state index contributed by atoms with van der Waals surface area (Å²) in [6, 6.07) is 25.3. The molecule has 3 aromatic carbocycles. The summed E-state index contributed by atoms with van der Waals surface area (Å²) in [6.45, 7) is 0.530. The van der Waals surface area contributed by atoms with Crippen LogP contribution in [-0.2, 0) is 11.2 Å². The molecule has 0 spiro atoms. The minimum atomic E-state index is -0.112. The molecular weight excluding hydrogens is 389 g/mol. The number of hydrogen-bond acceptors (Lipinski definition) is 1. The van der Waals surface area contributed by atoms with E-state index in [1.807, 2.05) is 84.9 Å². The highest BCUT2D eigenvalue weighted by Gasteiger charge is 2.14. The number of carbonyl (C=O) groups is 1. The summed E-state index contributed by atoms with van der Waals surface area (Å²) < 4.78 is 0. The summed E-state index contributed by atoms with van der Waals surface area (Å²) >= 11 is 12.0. The minimum absolute atomic E-state index is 0.112. The van der Waals surface area contributed by atoms with Gasteiger partial charge in [-0.1, -0.05) is 77.8 Å². The maximum Gasteiger partial charge on any atom is 0.244 e. The minimum Gasteiger partial charge on any atom is -0.352 e. The zero-order valence-corrected chi connectivity index (χ0v) is 16.8. The van der Waals surface area contributed by atoms with Gasteiger partial charge in [0.15, 0.2) is 0 Å². The highest BCUT2D eigenvalue weighted by molar-refractivity contribution is 6.30. The zero-order valence-electron chi connectivity index (χ0n) is 15.3. The first-order valence-electron chi connectivity index (χ1n) is 9.11. The van der Waals surface area contributed by atoms with Crippen molar-refractivity contribution >= 4 is 35.2 Å². The lowest BCUT2D eigenvalue weighted by Gasteiger charge is -2.18. The number of rotatable bonds is 7. The lowest BCUT2D eigenvalue weighted by Crippen LogP contribution is -2.27. The second-order valence-corrected chi connectivity index (χ2v) is 7.44. The highest BCUT2D eigenvalue weighted by atomic mass is 35.5. The van der Waals surface area contributed by atoms with Gasteiger partial charge < -0.3 is 5.32 Å². The van der Waals surface area contributed by atoms with Gasteiger partial charge in [-0.3, -0.25) is 4.79 Å². The predicted molar refractivity (Wildman–Crippen MR) is 118 cm³/mol. The molecular formula is C24H21Cl2NO. The topological polar surface area (TPSA) is 29.1 Å². The van der Waals surface area contributed by atoms with Crippen LogP contribution in [0.2, 0.25) is 10.0 Å². The van der Waals surface area contributed by atoms with Crippen LogP contribution in [0.15, 0.2) is 84.9 Å². The second kappa shape index (κ2) is 10.1. The first-order valence-corrected chi connectivity index (χ1v) is 9.86. The van der Waals surface area contributed by atoms with Crippen molar-refractivity contribution in [2.24, 2.45) is 0 Å². The normalized spacial score (nSPS) is 12.1. The van der Waals surface area contributed by atoms with E-state index in [0.29, 0.717) is 16.6 Å². The largest absolute Gasteiger partial charge is 0.352 e. The Bertz CT molecular complexity index is 919. The Morgan fingerprint density at radius 2 is 1.46 bits per heavy atom. The number of amides is 1.